The summed E-state index contributed by atoms with van der Waals surface area (Å²) in [6, 6.07) is 0.150. The van der Waals surface area contributed by atoms with Gasteiger partial charge in [-0.05, 0) is 20.8 Å². The zero-order chi connectivity index (χ0) is 14.4. The van der Waals surface area contributed by atoms with Crippen LogP contribution in [0.5, 0.6) is 0 Å². The van der Waals surface area contributed by atoms with Gasteiger partial charge in [-0.25, -0.2) is 0 Å². The van der Waals surface area contributed by atoms with Crippen molar-refractivity contribution in [1.82, 2.24) is 20.4 Å². The van der Waals surface area contributed by atoms with Crippen molar-refractivity contribution in [2.24, 2.45) is 0 Å². The van der Waals surface area contributed by atoms with Gasteiger partial charge in [0.1, 0.15) is 0 Å². The Balaban J connectivity index is 2.46. The number of hydrogen-bond donors (Lipinski definition) is 2. The maximum atomic E-state index is 12.2. The van der Waals surface area contributed by atoms with Crippen molar-refractivity contribution in [3.05, 3.63) is 0 Å². The number of likely N-dealkylation sites (N-methyl/N-ethyl adjacent to an activating group) is 2. The predicted octanol–water partition coefficient (Wildman–Crippen LogP) is -0.737. The quantitative estimate of drug-likeness (QED) is 0.691. The zero-order valence-electron chi connectivity index (χ0n) is 12.4. The van der Waals surface area contributed by atoms with Gasteiger partial charge in [-0.3, -0.25) is 9.59 Å². The van der Waals surface area contributed by atoms with Crippen LogP contribution in [0, 0.1) is 0 Å². The van der Waals surface area contributed by atoms with Gasteiger partial charge in [0.2, 0.25) is 11.8 Å². The highest BCUT2D eigenvalue weighted by Gasteiger charge is 2.27. The van der Waals surface area contributed by atoms with Gasteiger partial charge in [-0.15, -0.1) is 0 Å². The smallest absolute Gasteiger partial charge is 0.242 e. The lowest BCUT2D eigenvalue weighted by Gasteiger charge is -2.31. The van der Waals surface area contributed by atoms with E-state index in [1.165, 1.54) is 4.90 Å². The Hall–Kier alpha value is -1.14. The SMILES string of the molecule is CCN(CC)C(=O)CN(C)C(=O)C1CNC(C)CN1. The number of carbonyl (C=O) groups is 2. The number of nitrogens with one attached hydrogen (secondary N) is 2. The molecule has 0 aromatic carbocycles. The molecule has 0 saturated carbocycles. The van der Waals surface area contributed by atoms with E-state index in [-0.39, 0.29) is 24.4 Å². The maximum Gasteiger partial charge on any atom is 0.242 e. The van der Waals surface area contributed by atoms with Crippen molar-refractivity contribution in [2.45, 2.75) is 32.9 Å². The van der Waals surface area contributed by atoms with Crippen LogP contribution in [0.15, 0.2) is 0 Å². The minimum Gasteiger partial charge on any atom is -0.342 e. The number of amides is 2. The molecule has 2 amide bonds. The highest BCUT2D eigenvalue weighted by Crippen LogP contribution is 1.99. The third-order valence-corrected chi connectivity index (χ3v) is 3.50. The summed E-state index contributed by atoms with van der Waals surface area (Å²) in [7, 11) is 1.68. The van der Waals surface area contributed by atoms with Crippen molar-refractivity contribution in [1.29, 1.82) is 0 Å². The first-order valence-corrected chi connectivity index (χ1v) is 6.99. The Morgan fingerprint density at radius 1 is 1.16 bits per heavy atom. The molecule has 110 valence electrons. The van der Waals surface area contributed by atoms with Crippen LogP contribution >= 0.6 is 0 Å². The van der Waals surface area contributed by atoms with Crippen molar-refractivity contribution in [3.63, 3.8) is 0 Å². The first-order valence-electron chi connectivity index (χ1n) is 6.99. The molecule has 19 heavy (non-hydrogen) atoms. The Morgan fingerprint density at radius 3 is 2.26 bits per heavy atom. The molecule has 1 aliphatic rings. The number of nitrogens with zero attached hydrogens (tertiary/aromatic N) is 2. The largest absolute Gasteiger partial charge is 0.342 e. The Kier molecular flexibility index (Phi) is 6.24. The van der Waals surface area contributed by atoms with Gasteiger partial charge in [-0.1, -0.05) is 0 Å². The lowest BCUT2D eigenvalue weighted by atomic mass is 10.1. The fourth-order valence-electron chi connectivity index (χ4n) is 2.18. The molecule has 2 unspecified atom stereocenters. The normalized spacial score (nSPS) is 22.9. The molecule has 0 aromatic heterocycles. The first-order chi connectivity index (χ1) is 8.99. The minimum absolute atomic E-state index is 0.00186. The Bertz CT molecular complexity index is 310. The number of hydrogen-bond acceptors (Lipinski definition) is 4. The van der Waals surface area contributed by atoms with Crippen LogP contribution in [0.25, 0.3) is 0 Å². The molecule has 1 aliphatic heterocycles. The van der Waals surface area contributed by atoms with Crippen molar-refractivity contribution < 1.29 is 9.59 Å². The van der Waals surface area contributed by atoms with Crippen LogP contribution in [0.2, 0.25) is 0 Å². The van der Waals surface area contributed by atoms with Crippen LogP contribution in [0.3, 0.4) is 0 Å². The summed E-state index contributed by atoms with van der Waals surface area (Å²) < 4.78 is 0. The van der Waals surface area contributed by atoms with Crippen molar-refractivity contribution in [3.8, 4) is 0 Å². The second-order valence-electron chi connectivity index (χ2n) is 5.03. The molecule has 1 rings (SSSR count). The van der Waals surface area contributed by atoms with Gasteiger partial charge in [0.05, 0.1) is 12.6 Å². The summed E-state index contributed by atoms with van der Waals surface area (Å²) in [6.45, 7) is 8.85. The standard InChI is InChI=1S/C13H26N4O2/c1-5-17(6-2)12(18)9-16(4)13(19)11-8-14-10(3)7-15-11/h10-11,14-15H,5-9H2,1-4H3. The van der Waals surface area contributed by atoms with E-state index in [9.17, 15) is 9.59 Å². The Labute approximate surface area is 115 Å². The number of piperazine rings is 1. The zero-order valence-corrected chi connectivity index (χ0v) is 12.4. The Morgan fingerprint density at radius 2 is 1.79 bits per heavy atom. The second-order valence-corrected chi connectivity index (χ2v) is 5.03. The highest BCUT2D eigenvalue weighted by molar-refractivity contribution is 5.87. The molecule has 2 N–H and O–H groups in total. The summed E-state index contributed by atoms with van der Waals surface area (Å²) in [4.78, 5) is 27.4. The monoisotopic (exact) mass is 270 g/mol. The third-order valence-electron chi connectivity index (χ3n) is 3.50. The molecule has 6 heteroatoms. The van der Waals surface area contributed by atoms with Gasteiger partial charge in [0.25, 0.3) is 0 Å². The summed E-state index contributed by atoms with van der Waals surface area (Å²) in [5.74, 6) is -0.0297. The fourth-order valence-corrected chi connectivity index (χ4v) is 2.18. The lowest BCUT2D eigenvalue weighted by molar-refractivity contribution is -0.140. The van der Waals surface area contributed by atoms with Crippen molar-refractivity contribution >= 4 is 11.8 Å². The third kappa shape index (κ3) is 4.47. The average Bonchev–Trinajstić information content (AvgIpc) is 2.40. The van der Waals surface area contributed by atoms with Crippen LogP contribution < -0.4 is 10.6 Å². The molecule has 0 aliphatic carbocycles. The predicted molar refractivity (Wildman–Crippen MR) is 74.8 cm³/mol. The van der Waals surface area contributed by atoms with E-state index in [0.29, 0.717) is 25.7 Å². The van der Waals surface area contributed by atoms with E-state index in [1.807, 2.05) is 13.8 Å². The topological polar surface area (TPSA) is 64.7 Å². The summed E-state index contributed by atoms with van der Waals surface area (Å²) >= 11 is 0. The molecule has 1 fully saturated rings. The van der Waals surface area contributed by atoms with Gasteiger partial charge in [0, 0.05) is 39.3 Å². The van der Waals surface area contributed by atoms with Gasteiger partial charge in [0.15, 0.2) is 0 Å². The molecule has 1 heterocycles. The molecule has 1 saturated heterocycles. The molecule has 0 radical (unpaired) electrons. The van der Waals surface area contributed by atoms with E-state index >= 15 is 0 Å². The summed E-state index contributed by atoms with van der Waals surface area (Å²) in [5, 5.41) is 6.46. The van der Waals surface area contributed by atoms with Gasteiger partial charge < -0.3 is 20.4 Å². The second kappa shape index (κ2) is 7.45. The maximum absolute atomic E-state index is 12.2. The van der Waals surface area contributed by atoms with Gasteiger partial charge in [-0.2, -0.15) is 0 Å². The van der Waals surface area contributed by atoms with E-state index < -0.39 is 0 Å². The lowest BCUT2D eigenvalue weighted by Crippen LogP contribution is -2.59. The molecule has 0 spiro atoms. The van der Waals surface area contributed by atoms with Gasteiger partial charge >= 0.3 is 0 Å². The molecular weight excluding hydrogens is 244 g/mol. The van der Waals surface area contributed by atoms with Crippen molar-refractivity contribution in [2.75, 3.05) is 39.8 Å². The first kappa shape index (κ1) is 15.9. The minimum atomic E-state index is -0.231. The van der Waals surface area contributed by atoms with Crippen LogP contribution in [-0.2, 0) is 9.59 Å². The van der Waals surface area contributed by atoms with E-state index in [2.05, 4.69) is 17.6 Å². The molecule has 0 bridgehead atoms. The van der Waals surface area contributed by atoms with Crippen LogP contribution in [0.4, 0.5) is 0 Å². The molecule has 2 atom stereocenters. The highest BCUT2D eigenvalue weighted by atomic mass is 16.2. The summed E-state index contributed by atoms with van der Waals surface area (Å²) in [5.41, 5.74) is 0. The van der Waals surface area contributed by atoms with Crippen LogP contribution in [0.1, 0.15) is 20.8 Å². The fraction of sp³-hybridized carbons (Fsp3) is 0.846. The molecular formula is C13H26N4O2. The van der Waals surface area contributed by atoms with Crippen LogP contribution in [-0.4, -0.2) is 73.5 Å². The molecule has 0 aromatic rings. The average molecular weight is 270 g/mol. The number of carbonyl (C=O) groups excluding carboxylic acids is 2. The molecule has 6 nitrogen and oxygen atoms in total. The van der Waals surface area contributed by atoms with E-state index in [0.717, 1.165) is 6.54 Å². The van der Waals surface area contributed by atoms with E-state index in [4.69, 9.17) is 0 Å². The summed E-state index contributed by atoms with van der Waals surface area (Å²) in [6.07, 6.45) is 0. The number of rotatable bonds is 5. The van der Waals surface area contributed by atoms with E-state index in [1.54, 1.807) is 11.9 Å².